The van der Waals surface area contributed by atoms with Crippen molar-refractivity contribution in [1.29, 1.82) is 0 Å². The number of aromatic nitrogens is 1. The van der Waals surface area contributed by atoms with Gasteiger partial charge in [-0.3, -0.25) is 4.79 Å². The maximum atomic E-state index is 9.38. The number of hydrogen-bond donors (Lipinski definition) is 2. The molecule has 1 heterocycles. The van der Waals surface area contributed by atoms with Gasteiger partial charge < -0.3 is 10.2 Å². The molecule has 0 fully saturated rings. The Morgan fingerprint density at radius 3 is 2.67 bits per heavy atom. The normalized spacial score (nSPS) is 10.0. The summed E-state index contributed by atoms with van der Waals surface area (Å²) < 4.78 is 1.21. The molecule has 0 aliphatic rings. The Bertz CT molecular complexity index is 752. The van der Waals surface area contributed by atoms with E-state index in [-0.39, 0.29) is 13.1 Å². The summed E-state index contributed by atoms with van der Waals surface area (Å²) in [5.74, 6) is 0. The summed E-state index contributed by atoms with van der Waals surface area (Å²) in [6, 6.07) is 14.2. The van der Waals surface area contributed by atoms with Gasteiger partial charge in [0.15, 0.2) is 0 Å². The summed E-state index contributed by atoms with van der Waals surface area (Å²) >= 11 is 1.71. The molecule has 0 atom stereocenters. The lowest BCUT2D eigenvalue weighted by Gasteiger charge is -2.07. The molecule has 5 heteroatoms. The first-order valence-electron chi connectivity index (χ1n) is 6.33. The van der Waals surface area contributed by atoms with Gasteiger partial charge >= 0.3 is 0 Å². The monoisotopic (exact) mass is 301 g/mol. The first-order valence-corrected chi connectivity index (χ1v) is 7.15. The van der Waals surface area contributed by atoms with E-state index in [1.807, 2.05) is 31.2 Å². The van der Waals surface area contributed by atoms with Gasteiger partial charge in [0, 0.05) is 0 Å². The molecule has 0 saturated heterocycles. The van der Waals surface area contributed by atoms with Crippen LogP contribution in [0.15, 0.2) is 42.5 Å². The van der Waals surface area contributed by atoms with Gasteiger partial charge in [-0.2, -0.15) is 0 Å². The summed E-state index contributed by atoms with van der Waals surface area (Å²) in [4.78, 5) is 12.9. The lowest BCUT2D eigenvalue weighted by molar-refractivity contribution is -0.122. The van der Waals surface area contributed by atoms with Gasteiger partial charge in [0.25, 0.3) is 6.47 Å². The Balaban J connectivity index is 0.000000497. The van der Waals surface area contributed by atoms with Crippen molar-refractivity contribution in [3.8, 4) is 11.1 Å². The largest absolute Gasteiger partial charge is 0.483 e. The van der Waals surface area contributed by atoms with Gasteiger partial charge in [-0.05, 0) is 35.7 Å². The molecule has 0 aliphatic carbocycles. The summed E-state index contributed by atoms with van der Waals surface area (Å²) in [5, 5.41) is 17.4. The number of fused-ring (bicyclic) bond motifs is 1. The molecule has 0 radical (unpaired) electrons. The van der Waals surface area contributed by atoms with E-state index in [4.69, 9.17) is 9.90 Å². The quantitative estimate of drug-likeness (QED) is 0.711. The number of thiazole rings is 1. The second-order valence-electron chi connectivity index (χ2n) is 4.34. The van der Waals surface area contributed by atoms with Crippen LogP contribution in [0.1, 0.15) is 10.6 Å². The summed E-state index contributed by atoms with van der Waals surface area (Å²) in [5.41, 5.74) is 4.16. The Morgan fingerprint density at radius 1 is 1.24 bits per heavy atom. The predicted octanol–water partition coefficient (Wildman–Crippen LogP) is 3.46. The highest BCUT2D eigenvalue weighted by Gasteiger charge is 2.06. The first kappa shape index (κ1) is 15.2. The van der Waals surface area contributed by atoms with Crippen molar-refractivity contribution in [1.82, 2.24) is 4.98 Å². The molecular formula is C16H15NO3S. The molecule has 1 aromatic heterocycles. The molecule has 0 spiro atoms. The Kier molecular flexibility index (Phi) is 5.03. The van der Waals surface area contributed by atoms with Gasteiger partial charge in [-0.25, -0.2) is 4.98 Å². The van der Waals surface area contributed by atoms with E-state index in [2.05, 4.69) is 23.2 Å². The summed E-state index contributed by atoms with van der Waals surface area (Å²) in [6.07, 6.45) is 0. The van der Waals surface area contributed by atoms with Crippen molar-refractivity contribution >= 4 is 28.0 Å². The smallest absolute Gasteiger partial charge is 0.290 e. The van der Waals surface area contributed by atoms with E-state index < -0.39 is 0 Å². The number of aliphatic hydroxyl groups excluding tert-OH is 1. The minimum absolute atomic E-state index is 0.0598. The van der Waals surface area contributed by atoms with Crippen LogP contribution in [0.4, 0.5) is 0 Å². The molecule has 0 amide bonds. The van der Waals surface area contributed by atoms with Crippen LogP contribution in [-0.4, -0.2) is 21.7 Å². The van der Waals surface area contributed by atoms with E-state index in [0.29, 0.717) is 0 Å². The van der Waals surface area contributed by atoms with Crippen molar-refractivity contribution in [2.45, 2.75) is 13.5 Å². The van der Waals surface area contributed by atoms with Gasteiger partial charge in [0.05, 0.1) is 21.8 Å². The van der Waals surface area contributed by atoms with Crippen molar-refractivity contribution in [3.05, 3.63) is 53.0 Å². The fourth-order valence-electron chi connectivity index (χ4n) is 2.15. The van der Waals surface area contributed by atoms with E-state index in [1.54, 1.807) is 11.3 Å². The number of carboxylic acid groups (broad SMARTS) is 1. The van der Waals surface area contributed by atoms with E-state index in [9.17, 15) is 5.11 Å². The SMILES string of the molecule is Cc1nc2cc(-c3ccccc3CO)ccc2s1.O=CO. The van der Waals surface area contributed by atoms with Gasteiger partial charge in [-0.1, -0.05) is 30.3 Å². The van der Waals surface area contributed by atoms with Crippen LogP contribution < -0.4 is 0 Å². The number of carbonyl (C=O) groups is 1. The number of benzene rings is 2. The molecular weight excluding hydrogens is 286 g/mol. The zero-order valence-electron chi connectivity index (χ0n) is 11.5. The predicted molar refractivity (Wildman–Crippen MR) is 84.4 cm³/mol. The van der Waals surface area contributed by atoms with E-state index >= 15 is 0 Å². The Hall–Kier alpha value is -2.24. The van der Waals surface area contributed by atoms with Crippen LogP contribution in [0.3, 0.4) is 0 Å². The molecule has 0 aliphatic heterocycles. The molecule has 0 bridgehead atoms. The molecule has 2 aromatic carbocycles. The van der Waals surface area contributed by atoms with E-state index in [0.717, 1.165) is 27.2 Å². The number of rotatable bonds is 2. The lowest BCUT2D eigenvalue weighted by Crippen LogP contribution is -1.88. The average molecular weight is 301 g/mol. The molecule has 3 aromatic rings. The average Bonchev–Trinajstić information content (AvgIpc) is 2.87. The van der Waals surface area contributed by atoms with Gasteiger partial charge in [-0.15, -0.1) is 11.3 Å². The number of nitrogens with zero attached hydrogens (tertiary/aromatic N) is 1. The molecule has 4 nitrogen and oxygen atoms in total. The minimum atomic E-state index is -0.250. The number of hydrogen-bond acceptors (Lipinski definition) is 4. The van der Waals surface area contributed by atoms with Crippen LogP contribution in [0.25, 0.3) is 21.3 Å². The van der Waals surface area contributed by atoms with Gasteiger partial charge in [0.2, 0.25) is 0 Å². The number of aliphatic hydroxyl groups is 1. The third kappa shape index (κ3) is 3.45. The molecule has 0 unspecified atom stereocenters. The van der Waals surface area contributed by atoms with Crippen molar-refractivity contribution in [2.24, 2.45) is 0 Å². The molecule has 3 rings (SSSR count). The fraction of sp³-hybridized carbons (Fsp3) is 0.125. The molecule has 21 heavy (non-hydrogen) atoms. The fourth-order valence-corrected chi connectivity index (χ4v) is 2.96. The van der Waals surface area contributed by atoms with Gasteiger partial charge in [0.1, 0.15) is 0 Å². The summed E-state index contributed by atoms with van der Waals surface area (Å²) in [7, 11) is 0. The maximum absolute atomic E-state index is 9.38. The zero-order valence-corrected chi connectivity index (χ0v) is 12.3. The number of aryl methyl sites for hydroxylation is 1. The molecule has 0 saturated carbocycles. The van der Waals surface area contributed by atoms with Crippen molar-refractivity contribution in [3.63, 3.8) is 0 Å². The third-order valence-corrected chi connectivity index (χ3v) is 3.95. The standard InChI is InChI=1S/C15H13NOS.CH2O2/c1-10-16-14-8-11(6-7-15(14)18-10)13-5-3-2-4-12(13)9-17;2-1-3/h2-8,17H,9H2,1H3;1H,(H,2,3). The van der Waals surface area contributed by atoms with Crippen LogP contribution in [0.2, 0.25) is 0 Å². The third-order valence-electron chi connectivity index (χ3n) is 2.99. The summed E-state index contributed by atoms with van der Waals surface area (Å²) in [6.45, 7) is 1.83. The zero-order chi connectivity index (χ0) is 15.2. The topological polar surface area (TPSA) is 70.4 Å². The minimum Gasteiger partial charge on any atom is -0.483 e. The second-order valence-corrected chi connectivity index (χ2v) is 5.57. The van der Waals surface area contributed by atoms with E-state index in [1.165, 1.54) is 4.70 Å². The first-order chi connectivity index (χ1) is 10.2. The highest BCUT2D eigenvalue weighted by Crippen LogP contribution is 2.29. The van der Waals surface area contributed by atoms with Crippen molar-refractivity contribution in [2.75, 3.05) is 0 Å². The van der Waals surface area contributed by atoms with Crippen LogP contribution in [0.5, 0.6) is 0 Å². The highest BCUT2D eigenvalue weighted by molar-refractivity contribution is 7.18. The second kappa shape index (κ2) is 6.97. The molecule has 2 N–H and O–H groups in total. The highest BCUT2D eigenvalue weighted by atomic mass is 32.1. The maximum Gasteiger partial charge on any atom is 0.290 e. The van der Waals surface area contributed by atoms with Crippen LogP contribution >= 0.6 is 11.3 Å². The van der Waals surface area contributed by atoms with Crippen molar-refractivity contribution < 1.29 is 15.0 Å². The van der Waals surface area contributed by atoms with Crippen LogP contribution in [0, 0.1) is 6.92 Å². The molecule has 108 valence electrons. The lowest BCUT2D eigenvalue weighted by atomic mass is 10.00. The van der Waals surface area contributed by atoms with Crippen LogP contribution in [-0.2, 0) is 11.4 Å². The Labute approximate surface area is 126 Å². The Morgan fingerprint density at radius 2 is 1.95 bits per heavy atom.